The maximum Gasteiger partial charge on any atom is 0.230 e. The molecule has 0 aromatic heterocycles. The number of anilines is 1. The first-order valence-electron chi connectivity index (χ1n) is 12.2. The van der Waals surface area contributed by atoms with Gasteiger partial charge in [0, 0.05) is 22.0 Å². The molecule has 1 atom stereocenters. The lowest BCUT2D eigenvalue weighted by Gasteiger charge is -2.46. The third-order valence-electron chi connectivity index (χ3n) is 6.54. The number of hydrogen-bond acceptors (Lipinski definition) is 6. The molecule has 0 N–H and O–H groups in total. The monoisotopic (exact) mass is 537 g/mol. The standard InChI is InChI=1S/C29H31NO3S3/c1-7-17(3)27(32)30-22-15-14-20(33-8-2)16-21(22)23(26(34)29(30,5)6)28-35-24(18(4)31)25(36-28)19-12-10-9-11-13-19/h9-17H,7-8H2,1-6H3/b28-23-/t17-/m0/s1. The molecule has 0 bridgehead atoms. The van der Waals surface area contributed by atoms with Crippen molar-refractivity contribution in [1.29, 1.82) is 0 Å². The van der Waals surface area contributed by atoms with Gasteiger partial charge in [-0.1, -0.05) is 79.9 Å². The number of ether oxygens (including phenoxy) is 1. The van der Waals surface area contributed by atoms with Gasteiger partial charge in [0.25, 0.3) is 0 Å². The highest BCUT2D eigenvalue weighted by atomic mass is 32.2. The molecule has 36 heavy (non-hydrogen) atoms. The summed E-state index contributed by atoms with van der Waals surface area (Å²) in [4.78, 5) is 30.5. The van der Waals surface area contributed by atoms with Crippen LogP contribution in [0.3, 0.4) is 0 Å². The summed E-state index contributed by atoms with van der Waals surface area (Å²) in [7, 11) is 0. The number of carbonyl (C=O) groups excluding carboxylic acids is 2. The number of amides is 1. The normalized spacial score (nSPS) is 19.8. The second kappa shape index (κ2) is 10.6. The van der Waals surface area contributed by atoms with E-state index in [4.69, 9.17) is 17.0 Å². The molecule has 0 aliphatic carbocycles. The van der Waals surface area contributed by atoms with Gasteiger partial charge in [-0.2, -0.15) is 0 Å². The van der Waals surface area contributed by atoms with Crippen molar-refractivity contribution in [2.45, 2.75) is 53.5 Å². The van der Waals surface area contributed by atoms with Gasteiger partial charge in [-0.15, -0.1) is 0 Å². The van der Waals surface area contributed by atoms with Crippen LogP contribution in [0, 0.1) is 5.92 Å². The van der Waals surface area contributed by atoms with Crippen LogP contribution in [0.4, 0.5) is 5.69 Å². The van der Waals surface area contributed by atoms with Gasteiger partial charge < -0.3 is 9.64 Å². The summed E-state index contributed by atoms with van der Waals surface area (Å²) in [6.07, 6.45) is 0.747. The van der Waals surface area contributed by atoms with E-state index in [1.54, 1.807) is 18.7 Å². The number of carbonyl (C=O) groups is 2. The molecule has 7 heteroatoms. The SMILES string of the molecule is CCOc1ccc2c(c1)/C(=C1\SC(C(C)=O)=C(c3ccccc3)S1)C(=S)C(C)(C)N2C(=O)[C@@H](C)CC. The quantitative estimate of drug-likeness (QED) is 0.278. The Kier molecular flexibility index (Phi) is 7.83. The second-order valence-corrected chi connectivity index (χ2v) is 12.1. The number of nitrogens with zero attached hydrogens (tertiary/aromatic N) is 1. The van der Waals surface area contributed by atoms with E-state index in [2.05, 4.69) is 0 Å². The second-order valence-electron chi connectivity index (χ2n) is 9.43. The van der Waals surface area contributed by atoms with Gasteiger partial charge >= 0.3 is 0 Å². The molecule has 0 spiro atoms. The first-order chi connectivity index (χ1) is 17.1. The summed E-state index contributed by atoms with van der Waals surface area (Å²) in [6.45, 7) is 12.1. The van der Waals surface area contributed by atoms with Crippen molar-refractivity contribution < 1.29 is 14.3 Å². The topological polar surface area (TPSA) is 46.6 Å². The van der Waals surface area contributed by atoms with Crippen LogP contribution in [-0.4, -0.2) is 28.7 Å². The molecule has 0 unspecified atom stereocenters. The Balaban J connectivity index is 1.94. The Labute approximate surface area is 227 Å². The Morgan fingerprint density at radius 1 is 1.08 bits per heavy atom. The maximum atomic E-state index is 13.6. The number of benzene rings is 2. The number of ketones is 1. The molecule has 4 rings (SSSR count). The molecule has 2 heterocycles. The van der Waals surface area contributed by atoms with Crippen molar-refractivity contribution in [1.82, 2.24) is 0 Å². The van der Waals surface area contributed by atoms with E-state index >= 15 is 0 Å². The largest absolute Gasteiger partial charge is 0.494 e. The van der Waals surface area contributed by atoms with E-state index in [1.165, 1.54) is 11.8 Å². The lowest BCUT2D eigenvalue weighted by molar-refractivity contribution is -0.122. The average molecular weight is 538 g/mol. The fraction of sp³-hybridized carbons (Fsp3) is 0.345. The van der Waals surface area contributed by atoms with Crippen LogP contribution in [0.25, 0.3) is 10.5 Å². The molecule has 2 aliphatic rings. The predicted molar refractivity (Wildman–Crippen MR) is 157 cm³/mol. The zero-order chi connectivity index (χ0) is 26.2. The molecule has 0 radical (unpaired) electrons. The Bertz CT molecular complexity index is 1290. The van der Waals surface area contributed by atoms with Gasteiger partial charge in [-0.05, 0) is 57.9 Å². The molecule has 0 fully saturated rings. The summed E-state index contributed by atoms with van der Waals surface area (Å²) in [5, 5.41) is 0. The van der Waals surface area contributed by atoms with Gasteiger partial charge in [-0.3, -0.25) is 9.59 Å². The summed E-state index contributed by atoms with van der Waals surface area (Å²) < 4.78 is 6.80. The van der Waals surface area contributed by atoms with E-state index in [1.807, 2.05) is 88.0 Å². The van der Waals surface area contributed by atoms with Crippen LogP contribution in [0.2, 0.25) is 0 Å². The van der Waals surface area contributed by atoms with Crippen LogP contribution < -0.4 is 9.64 Å². The van der Waals surface area contributed by atoms with Gasteiger partial charge in [0.2, 0.25) is 5.91 Å². The average Bonchev–Trinajstić information content (AvgIpc) is 3.30. The number of rotatable bonds is 6. The highest BCUT2D eigenvalue weighted by Gasteiger charge is 2.46. The van der Waals surface area contributed by atoms with Gasteiger partial charge in [-0.25, -0.2) is 0 Å². The summed E-state index contributed by atoms with van der Waals surface area (Å²) in [5.74, 6) is 0.675. The van der Waals surface area contributed by atoms with E-state index in [0.717, 1.165) is 48.6 Å². The molecular formula is C29H31NO3S3. The van der Waals surface area contributed by atoms with Crippen molar-refractivity contribution >= 4 is 68.5 Å². The summed E-state index contributed by atoms with van der Waals surface area (Å²) >= 11 is 9.20. The first-order valence-corrected chi connectivity index (χ1v) is 14.2. The fourth-order valence-corrected chi connectivity index (χ4v) is 7.59. The van der Waals surface area contributed by atoms with Crippen molar-refractivity contribution in [3.8, 4) is 5.75 Å². The molecule has 0 saturated heterocycles. The van der Waals surface area contributed by atoms with Gasteiger partial charge in [0.05, 0.1) is 31.8 Å². The summed E-state index contributed by atoms with van der Waals surface area (Å²) in [6, 6.07) is 15.8. The van der Waals surface area contributed by atoms with E-state index in [9.17, 15) is 9.59 Å². The predicted octanol–water partition coefficient (Wildman–Crippen LogP) is 7.73. The van der Waals surface area contributed by atoms with Crippen molar-refractivity contribution in [3.05, 3.63) is 68.8 Å². The Morgan fingerprint density at radius 3 is 2.39 bits per heavy atom. The Morgan fingerprint density at radius 2 is 1.78 bits per heavy atom. The van der Waals surface area contributed by atoms with Crippen molar-refractivity contribution in [3.63, 3.8) is 0 Å². The fourth-order valence-electron chi connectivity index (χ4n) is 4.40. The lowest BCUT2D eigenvalue weighted by atomic mass is 9.82. The van der Waals surface area contributed by atoms with Crippen LogP contribution in [0.1, 0.15) is 59.1 Å². The van der Waals surface area contributed by atoms with Crippen LogP contribution >= 0.6 is 35.7 Å². The molecule has 2 aromatic rings. The van der Waals surface area contributed by atoms with E-state index < -0.39 is 5.54 Å². The van der Waals surface area contributed by atoms with Crippen LogP contribution in [0.15, 0.2) is 57.7 Å². The van der Waals surface area contributed by atoms with Crippen molar-refractivity contribution in [2.75, 3.05) is 11.5 Å². The number of thioether (sulfide) groups is 2. The highest BCUT2D eigenvalue weighted by Crippen LogP contribution is 2.58. The minimum Gasteiger partial charge on any atom is -0.494 e. The van der Waals surface area contributed by atoms with E-state index in [-0.39, 0.29) is 17.6 Å². The molecule has 4 nitrogen and oxygen atoms in total. The zero-order valence-corrected chi connectivity index (χ0v) is 24.0. The molecule has 188 valence electrons. The van der Waals surface area contributed by atoms with Gasteiger partial charge in [0.15, 0.2) is 5.78 Å². The third-order valence-corrected chi connectivity index (χ3v) is 9.99. The molecule has 0 saturated carbocycles. The van der Waals surface area contributed by atoms with Crippen LogP contribution in [0.5, 0.6) is 5.75 Å². The molecule has 2 aliphatic heterocycles. The minimum atomic E-state index is -0.717. The zero-order valence-electron chi connectivity index (χ0n) is 21.5. The number of fused-ring (bicyclic) bond motifs is 1. The number of thiocarbonyl (C=S) groups is 1. The van der Waals surface area contributed by atoms with Gasteiger partial charge in [0.1, 0.15) is 5.75 Å². The number of Topliss-reactive ketones (excluding diaryl/α,β-unsaturated/α-hetero) is 1. The maximum absolute atomic E-state index is 13.6. The third kappa shape index (κ3) is 4.69. The Hall–Kier alpha value is -2.35. The van der Waals surface area contributed by atoms with Crippen LogP contribution in [-0.2, 0) is 9.59 Å². The van der Waals surface area contributed by atoms with Crippen molar-refractivity contribution in [2.24, 2.45) is 5.92 Å². The first kappa shape index (κ1) is 26.7. The lowest BCUT2D eigenvalue weighted by Crippen LogP contribution is -2.57. The minimum absolute atomic E-state index is 0.0276. The molecular weight excluding hydrogens is 507 g/mol. The molecule has 1 amide bonds. The smallest absolute Gasteiger partial charge is 0.230 e. The highest BCUT2D eigenvalue weighted by molar-refractivity contribution is 8.32. The summed E-state index contributed by atoms with van der Waals surface area (Å²) in [5.41, 5.74) is 2.89. The van der Waals surface area contributed by atoms with E-state index in [0.29, 0.717) is 11.5 Å². The number of hydrogen-bond donors (Lipinski definition) is 0. The number of allylic oxidation sites excluding steroid dienone is 1. The molecule has 2 aromatic carbocycles.